The number of nitrogens with two attached hydrogens (primary N) is 1. The molecule has 1 unspecified atom stereocenters. The summed E-state index contributed by atoms with van der Waals surface area (Å²) in [6.45, 7) is 10.4. The van der Waals surface area contributed by atoms with Gasteiger partial charge in [-0.15, -0.1) is 0 Å². The van der Waals surface area contributed by atoms with Crippen LogP contribution in [0, 0.1) is 0 Å². The van der Waals surface area contributed by atoms with Gasteiger partial charge in [0.15, 0.2) is 5.82 Å². The van der Waals surface area contributed by atoms with Crippen LogP contribution in [0.4, 0.5) is 10.6 Å². The Balaban J connectivity index is 1.70. The Bertz CT molecular complexity index is 1650. The van der Waals surface area contributed by atoms with Gasteiger partial charge in [-0.3, -0.25) is 10.00 Å². The van der Waals surface area contributed by atoms with Gasteiger partial charge in [-0.25, -0.2) is 14.8 Å². The number of rotatable bonds is 7. The normalized spacial score (nSPS) is 12.6. The molecule has 5 aromatic rings. The fourth-order valence-electron chi connectivity index (χ4n) is 4.93. The molecule has 3 aromatic heterocycles. The highest BCUT2D eigenvalue weighted by atomic mass is 16.6. The zero-order valence-electron chi connectivity index (χ0n) is 23.7. The number of imidazole rings is 1. The van der Waals surface area contributed by atoms with Crippen molar-refractivity contribution in [2.24, 2.45) is 0 Å². The summed E-state index contributed by atoms with van der Waals surface area (Å²) in [5, 5.41) is 7.98. The molecule has 10 heteroatoms. The van der Waals surface area contributed by atoms with Crippen LogP contribution in [0.5, 0.6) is 5.75 Å². The maximum atomic E-state index is 13.2. The van der Waals surface area contributed by atoms with E-state index in [0.717, 1.165) is 39.0 Å². The minimum atomic E-state index is -0.621. The molecular weight excluding hydrogens is 506 g/mol. The second-order valence-electron chi connectivity index (χ2n) is 10.7. The number of carbonyl (C=O) groups is 1. The van der Waals surface area contributed by atoms with Crippen molar-refractivity contribution < 1.29 is 14.3 Å². The third-order valence-electron chi connectivity index (χ3n) is 6.85. The molecule has 0 saturated heterocycles. The predicted molar refractivity (Wildman–Crippen MR) is 156 cm³/mol. The van der Waals surface area contributed by atoms with Crippen molar-refractivity contribution in [3.63, 3.8) is 0 Å². The van der Waals surface area contributed by atoms with Gasteiger partial charge in [0.05, 0.1) is 29.9 Å². The number of hydrogen-bond acceptors (Lipinski definition) is 7. The van der Waals surface area contributed by atoms with Gasteiger partial charge in [0.25, 0.3) is 0 Å². The van der Waals surface area contributed by atoms with E-state index in [1.165, 1.54) is 0 Å². The van der Waals surface area contributed by atoms with E-state index in [1.807, 2.05) is 83.1 Å². The van der Waals surface area contributed by atoms with E-state index in [-0.39, 0.29) is 0 Å². The molecule has 208 valence electrons. The number of anilines is 1. The minimum Gasteiger partial charge on any atom is -0.497 e. The van der Waals surface area contributed by atoms with Gasteiger partial charge < -0.3 is 19.8 Å². The number of hydrogen-bond donors (Lipinski definition) is 2. The number of nitrogens with one attached hydrogen (secondary N) is 1. The second-order valence-corrected chi connectivity index (χ2v) is 10.7. The average Bonchev–Trinajstić information content (AvgIpc) is 3.58. The first-order chi connectivity index (χ1) is 19.1. The molecule has 0 aliphatic rings. The smallest absolute Gasteiger partial charge is 0.410 e. The van der Waals surface area contributed by atoms with Crippen LogP contribution in [0.3, 0.4) is 0 Å². The van der Waals surface area contributed by atoms with Crippen molar-refractivity contribution in [2.75, 3.05) is 19.4 Å². The van der Waals surface area contributed by atoms with Crippen molar-refractivity contribution in [1.82, 2.24) is 29.6 Å². The zero-order valence-corrected chi connectivity index (χ0v) is 23.7. The lowest BCUT2D eigenvalue weighted by Crippen LogP contribution is -2.39. The number of aromatic amines is 1. The fraction of sp³-hybridized carbons (Fsp3) is 0.333. The summed E-state index contributed by atoms with van der Waals surface area (Å²) in [6, 6.07) is 15.5. The zero-order chi connectivity index (χ0) is 28.6. The Morgan fingerprint density at radius 3 is 2.50 bits per heavy atom. The number of amides is 1. The molecule has 3 heterocycles. The number of ether oxygens (including phenoxy) is 2. The average molecular weight is 542 g/mol. The van der Waals surface area contributed by atoms with Crippen molar-refractivity contribution >= 4 is 33.8 Å². The van der Waals surface area contributed by atoms with Crippen LogP contribution in [0.15, 0.2) is 54.7 Å². The highest BCUT2D eigenvalue weighted by Gasteiger charge is 2.30. The number of fused-ring (bicyclic) bond motifs is 3. The second kappa shape index (κ2) is 10.5. The molecule has 1 atom stereocenters. The Hall–Kier alpha value is -4.60. The van der Waals surface area contributed by atoms with E-state index in [9.17, 15) is 4.79 Å². The van der Waals surface area contributed by atoms with Crippen LogP contribution in [0.1, 0.15) is 52.0 Å². The summed E-state index contributed by atoms with van der Waals surface area (Å²) in [5.74, 6) is 1.80. The van der Waals surface area contributed by atoms with Crippen molar-refractivity contribution in [1.29, 1.82) is 0 Å². The van der Waals surface area contributed by atoms with Crippen LogP contribution in [-0.2, 0) is 11.3 Å². The number of aromatic nitrogens is 5. The van der Waals surface area contributed by atoms with Gasteiger partial charge in [-0.1, -0.05) is 18.2 Å². The van der Waals surface area contributed by atoms with Gasteiger partial charge in [-0.2, -0.15) is 5.10 Å². The topological polar surface area (TPSA) is 124 Å². The maximum Gasteiger partial charge on any atom is 0.410 e. The molecule has 0 radical (unpaired) electrons. The molecule has 0 bridgehead atoms. The van der Waals surface area contributed by atoms with Crippen molar-refractivity contribution in [3.8, 4) is 17.0 Å². The molecule has 5 rings (SSSR count). The number of benzene rings is 2. The highest BCUT2D eigenvalue weighted by Crippen LogP contribution is 2.35. The molecule has 2 aromatic carbocycles. The van der Waals surface area contributed by atoms with Crippen molar-refractivity contribution in [3.05, 3.63) is 66.1 Å². The van der Waals surface area contributed by atoms with Crippen molar-refractivity contribution in [2.45, 2.75) is 52.8 Å². The molecule has 10 nitrogen and oxygen atoms in total. The number of pyridine rings is 1. The summed E-state index contributed by atoms with van der Waals surface area (Å²) in [5.41, 5.74) is 11.0. The molecule has 3 N–H and O–H groups in total. The SMILES string of the molecule is CCN(C(=O)OC(C)(C)C)C(C)c1nc2c(N)nc3cc(-c4ccn[nH]4)ccc3c2n1Cc1ccc(OC)cc1. The number of nitrogens with zero attached hydrogens (tertiary/aromatic N) is 5. The lowest BCUT2D eigenvalue weighted by atomic mass is 10.1. The lowest BCUT2D eigenvalue weighted by molar-refractivity contribution is 0.0176. The Morgan fingerprint density at radius 2 is 1.88 bits per heavy atom. The van der Waals surface area contributed by atoms with Crippen LogP contribution in [0.2, 0.25) is 0 Å². The molecule has 0 spiro atoms. The number of carbonyl (C=O) groups excluding carboxylic acids is 1. The predicted octanol–water partition coefficient (Wildman–Crippen LogP) is 5.93. The summed E-state index contributed by atoms with van der Waals surface area (Å²) in [4.78, 5) is 24.6. The lowest BCUT2D eigenvalue weighted by Gasteiger charge is -2.31. The largest absolute Gasteiger partial charge is 0.497 e. The van der Waals surface area contributed by atoms with Crippen LogP contribution < -0.4 is 10.5 Å². The van der Waals surface area contributed by atoms with Gasteiger partial charge in [0.1, 0.15) is 22.7 Å². The van der Waals surface area contributed by atoms with E-state index in [4.69, 9.17) is 25.2 Å². The van der Waals surface area contributed by atoms with Crippen LogP contribution in [-0.4, -0.2) is 55.0 Å². The monoisotopic (exact) mass is 541 g/mol. The van der Waals surface area contributed by atoms with E-state index in [0.29, 0.717) is 30.2 Å². The quantitative estimate of drug-likeness (QED) is 0.262. The third-order valence-corrected chi connectivity index (χ3v) is 6.85. The summed E-state index contributed by atoms with van der Waals surface area (Å²) in [6.07, 6.45) is 1.32. The summed E-state index contributed by atoms with van der Waals surface area (Å²) >= 11 is 0. The minimum absolute atomic E-state index is 0.325. The van der Waals surface area contributed by atoms with Gasteiger partial charge in [0.2, 0.25) is 0 Å². The van der Waals surface area contributed by atoms with E-state index in [1.54, 1.807) is 18.2 Å². The van der Waals surface area contributed by atoms with Gasteiger partial charge in [0, 0.05) is 30.2 Å². The Kier molecular flexibility index (Phi) is 7.10. The Morgan fingerprint density at radius 1 is 1.12 bits per heavy atom. The Labute approximate surface area is 233 Å². The van der Waals surface area contributed by atoms with Gasteiger partial charge >= 0.3 is 6.09 Å². The first-order valence-corrected chi connectivity index (χ1v) is 13.3. The van der Waals surface area contributed by atoms with Crippen LogP contribution >= 0.6 is 0 Å². The number of methoxy groups -OCH3 is 1. The van der Waals surface area contributed by atoms with E-state index in [2.05, 4.69) is 14.8 Å². The summed E-state index contributed by atoms with van der Waals surface area (Å²) in [7, 11) is 1.65. The van der Waals surface area contributed by atoms with E-state index >= 15 is 0 Å². The standard InChI is InChI=1S/C30H35N7O3/c1-7-36(29(38)40-30(3,4)5)18(2)28-34-25-26(37(28)17-19-8-11-21(39-6)12-9-19)22-13-10-20(23-14-15-32-35-23)16-24(22)33-27(25)31/h8-16,18H,7,17H2,1-6H3,(H2,31,33)(H,32,35). The summed E-state index contributed by atoms with van der Waals surface area (Å²) < 4.78 is 13.2. The van der Waals surface area contributed by atoms with E-state index < -0.39 is 17.7 Å². The number of H-pyrrole nitrogens is 1. The number of nitrogen functional groups attached to an aromatic ring is 1. The molecule has 0 fully saturated rings. The molecule has 0 aliphatic heterocycles. The molecule has 0 saturated carbocycles. The molecule has 40 heavy (non-hydrogen) atoms. The van der Waals surface area contributed by atoms with Gasteiger partial charge in [-0.05, 0) is 70.5 Å². The first kappa shape index (κ1) is 27.0. The fourth-order valence-corrected chi connectivity index (χ4v) is 4.93. The van der Waals surface area contributed by atoms with Crippen LogP contribution in [0.25, 0.3) is 33.2 Å². The highest BCUT2D eigenvalue weighted by molar-refractivity contribution is 6.07. The molecule has 0 aliphatic carbocycles. The third kappa shape index (κ3) is 5.16. The first-order valence-electron chi connectivity index (χ1n) is 13.3. The molecule has 1 amide bonds. The molecular formula is C30H35N7O3. The maximum absolute atomic E-state index is 13.2.